The van der Waals surface area contributed by atoms with Crippen LogP contribution in [-0.2, 0) is 0 Å². The quantitative estimate of drug-likeness (QED) is 0.494. The Morgan fingerprint density at radius 2 is 1.58 bits per heavy atom. The number of hydrogen-bond acceptors (Lipinski definition) is 4. The smallest absolute Gasteiger partial charge is 0.138 e. The number of nitrogens with one attached hydrogen (secondary N) is 1. The monoisotopic (exact) mass is 316 g/mol. The average molecular weight is 316 g/mol. The second-order valence-corrected chi connectivity index (χ2v) is 5.56. The summed E-state index contributed by atoms with van der Waals surface area (Å²) in [7, 11) is 0. The minimum Gasteiger partial charge on any atom is -0.457 e. The summed E-state index contributed by atoms with van der Waals surface area (Å²) >= 11 is 0. The summed E-state index contributed by atoms with van der Waals surface area (Å²) in [6.45, 7) is 0. The van der Waals surface area contributed by atoms with Crippen LogP contribution in [0.2, 0.25) is 0 Å². The van der Waals surface area contributed by atoms with E-state index in [1.807, 2.05) is 66.7 Å². The van der Waals surface area contributed by atoms with Gasteiger partial charge in [-0.05, 0) is 48.5 Å². The third-order valence-electron chi connectivity index (χ3n) is 3.73. The molecule has 0 saturated carbocycles. The molecule has 0 bridgehead atoms. The molecule has 5 heteroatoms. The third-order valence-corrected chi connectivity index (χ3v) is 3.73. The lowest BCUT2D eigenvalue weighted by molar-refractivity contribution is 0.483. The number of nitrogens with zero attached hydrogens (tertiary/aromatic N) is 1. The predicted molar refractivity (Wildman–Crippen MR) is 96.9 cm³/mol. The molecule has 0 unspecified atom stereocenters. The van der Waals surface area contributed by atoms with E-state index >= 15 is 0 Å². The molecule has 0 atom stereocenters. The number of fused-ring (bicyclic) bond motifs is 1. The molecule has 0 aliphatic rings. The zero-order valence-electron chi connectivity index (χ0n) is 12.9. The van der Waals surface area contributed by atoms with Crippen LogP contribution in [0.3, 0.4) is 0 Å². The van der Waals surface area contributed by atoms with Crippen molar-refractivity contribution in [2.45, 2.75) is 0 Å². The van der Waals surface area contributed by atoms with Crippen molar-refractivity contribution in [3.8, 4) is 22.9 Å². The number of ether oxygens (including phenoxy) is 1. The van der Waals surface area contributed by atoms with Crippen LogP contribution in [0, 0.1) is 0 Å². The van der Waals surface area contributed by atoms with Gasteiger partial charge in [0, 0.05) is 23.0 Å². The van der Waals surface area contributed by atoms with Gasteiger partial charge in [0.1, 0.15) is 17.3 Å². The standard InChI is InChI=1S/C19H16N4O/c20-13-4-6-15(7-5-13)24-16-8-9-17-18(11-16)23-19(22-17)12-2-1-3-14(21)10-12/h1-11H,20-21H2,(H,22,23). The molecule has 1 heterocycles. The second-order valence-electron chi connectivity index (χ2n) is 5.56. The van der Waals surface area contributed by atoms with Gasteiger partial charge in [-0.1, -0.05) is 12.1 Å². The number of anilines is 2. The van der Waals surface area contributed by atoms with E-state index in [-0.39, 0.29) is 0 Å². The van der Waals surface area contributed by atoms with Gasteiger partial charge in [-0.25, -0.2) is 4.98 Å². The molecule has 5 nitrogen and oxygen atoms in total. The average Bonchev–Trinajstić information content (AvgIpc) is 3.00. The maximum Gasteiger partial charge on any atom is 0.138 e. The molecule has 4 aromatic rings. The van der Waals surface area contributed by atoms with E-state index in [4.69, 9.17) is 16.2 Å². The van der Waals surface area contributed by atoms with Crippen molar-refractivity contribution in [2.75, 3.05) is 11.5 Å². The van der Waals surface area contributed by atoms with Gasteiger partial charge in [0.25, 0.3) is 0 Å². The molecule has 0 amide bonds. The Hall–Kier alpha value is -3.47. The number of nitrogens with two attached hydrogens (primary N) is 2. The molecule has 0 saturated heterocycles. The van der Waals surface area contributed by atoms with Crippen molar-refractivity contribution in [3.63, 3.8) is 0 Å². The minimum absolute atomic E-state index is 0.707. The number of imidazole rings is 1. The number of hydrogen-bond donors (Lipinski definition) is 3. The fourth-order valence-electron chi connectivity index (χ4n) is 2.55. The van der Waals surface area contributed by atoms with E-state index in [9.17, 15) is 0 Å². The molecule has 5 N–H and O–H groups in total. The molecule has 24 heavy (non-hydrogen) atoms. The Labute approximate surface area is 138 Å². The highest BCUT2D eigenvalue weighted by molar-refractivity contribution is 5.81. The van der Waals surface area contributed by atoms with Crippen LogP contribution in [0.25, 0.3) is 22.4 Å². The SMILES string of the molecule is Nc1ccc(Oc2ccc3nc(-c4cccc(N)c4)[nH]c3c2)cc1. The summed E-state index contributed by atoms with van der Waals surface area (Å²) in [5.74, 6) is 2.25. The molecule has 3 aromatic carbocycles. The summed E-state index contributed by atoms with van der Waals surface area (Å²) in [6, 6.07) is 20.7. The van der Waals surface area contributed by atoms with Crippen molar-refractivity contribution >= 4 is 22.4 Å². The molecule has 0 spiro atoms. The van der Waals surface area contributed by atoms with Gasteiger partial charge in [0.05, 0.1) is 11.0 Å². The van der Waals surface area contributed by atoms with Crippen LogP contribution in [0.4, 0.5) is 11.4 Å². The summed E-state index contributed by atoms with van der Waals surface area (Å²) in [5, 5.41) is 0. The fourth-order valence-corrected chi connectivity index (χ4v) is 2.55. The summed E-state index contributed by atoms with van der Waals surface area (Å²) in [5.41, 5.74) is 15.7. The number of nitrogen functional groups attached to an aromatic ring is 2. The normalized spacial score (nSPS) is 10.8. The molecule has 0 aliphatic carbocycles. The number of rotatable bonds is 3. The topological polar surface area (TPSA) is 89.9 Å². The van der Waals surface area contributed by atoms with Gasteiger partial charge in [-0.15, -0.1) is 0 Å². The van der Waals surface area contributed by atoms with E-state index in [1.165, 1.54) is 0 Å². The zero-order chi connectivity index (χ0) is 16.5. The Bertz CT molecular complexity index is 1010. The third kappa shape index (κ3) is 2.75. The van der Waals surface area contributed by atoms with E-state index in [1.54, 1.807) is 0 Å². The second kappa shape index (κ2) is 5.62. The van der Waals surface area contributed by atoms with Gasteiger partial charge >= 0.3 is 0 Å². The van der Waals surface area contributed by atoms with Gasteiger partial charge in [-0.3, -0.25) is 0 Å². The molecule has 4 rings (SSSR count). The van der Waals surface area contributed by atoms with E-state index in [2.05, 4.69) is 9.97 Å². The molecule has 1 aromatic heterocycles. The summed E-state index contributed by atoms with van der Waals surface area (Å²) < 4.78 is 5.85. The highest BCUT2D eigenvalue weighted by Crippen LogP contribution is 2.27. The van der Waals surface area contributed by atoms with Gasteiger partial charge in [0.2, 0.25) is 0 Å². The lowest BCUT2D eigenvalue weighted by atomic mass is 10.2. The summed E-state index contributed by atoms with van der Waals surface area (Å²) in [6.07, 6.45) is 0. The maximum atomic E-state index is 5.85. The molecular weight excluding hydrogens is 300 g/mol. The molecule has 0 aliphatic heterocycles. The minimum atomic E-state index is 0.707. The van der Waals surface area contributed by atoms with Crippen molar-refractivity contribution in [2.24, 2.45) is 0 Å². The number of H-pyrrole nitrogens is 1. The van der Waals surface area contributed by atoms with Crippen LogP contribution in [-0.4, -0.2) is 9.97 Å². The van der Waals surface area contributed by atoms with Gasteiger partial charge in [0.15, 0.2) is 0 Å². The van der Waals surface area contributed by atoms with E-state index < -0.39 is 0 Å². The molecule has 0 radical (unpaired) electrons. The Morgan fingerprint density at radius 1 is 0.792 bits per heavy atom. The maximum absolute atomic E-state index is 5.85. The highest BCUT2D eigenvalue weighted by Gasteiger charge is 2.07. The first kappa shape index (κ1) is 14.1. The molecule has 118 valence electrons. The van der Waals surface area contributed by atoms with Gasteiger partial charge in [-0.2, -0.15) is 0 Å². The summed E-state index contributed by atoms with van der Waals surface area (Å²) in [4.78, 5) is 7.91. The van der Waals surface area contributed by atoms with Crippen molar-refractivity contribution < 1.29 is 4.74 Å². The van der Waals surface area contributed by atoms with Crippen LogP contribution < -0.4 is 16.2 Å². The Morgan fingerprint density at radius 3 is 2.38 bits per heavy atom. The van der Waals surface area contributed by atoms with Gasteiger partial charge < -0.3 is 21.2 Å². The first-order valence-electron chi connectivity index (χ1n) is 7.56. The fraction of sp³-hybridized carbons (Fsp3) is 0. The van der Waals surface area contributed by atoms with E-state index in [0.29, 0.717) is 11.4 Å². The number of benzene rings is 3. The number of aromatic amines is 1. The first-order valence-corrected chi connectivity index (χ1v) is 7.56. The molecule has 0 fully saturated rings. The van der Waals surface area contributed by atoms with Crippen molar-refractivity contribution in [1.29, 1.82) is 0 Å². The highest BCUT2D eigenvalue weighted by atomic mass is 16.5. The van der Waals surface area contributed by atoms with Crippen LogP contribution >= 0.6 is 0 Å². The Balaban J connectivity index is 1.67. The van der Waals surface area contributed by atoms with Crippen LogP contribution in [0.15, 0.2) is 66.7 Å². The van der Waals surface area contributed by atoms with E-state index in [0.717, 1.165) is 33.9 Å². The largest absolute Gasteiger partial charge is 0.457 e. The Kier molecular flexibility index (Phi) is 3.31. The van der Waals surface area contributed by atoms with Crippen LogP contribution in [0.5, 0.6) is 11.5 Å². The predicted octanol–water partition coefficient (Wildman–Crippen LogP) is 4.19. The number of aromatic nitrogens is 2. The lowest BCUT2D eigenvalue weighted by Crippen LogP contribution is -1.86. The lowest BCUT2D eigenvalue weighted by Gasteiger charge is -2.05. The van der Waals surface area contributed by atoms with Crippen molar-refractivity contribution in [1.82, 2.24) is 9.97 Å². The first-order chi connectivity index (χ1) is 11.7. The molecular formula is C19H16N4O. The zero-order valence-corrected chi connectivity index (χ0v) is 12.9. The van der Waals surface area contributed by atoms with Crippen molar-refractivity contribution in [3.05, 3.63) is 66.7 Å². The van der Waals surface area contributed by atoms with Crippen LogP contribution in [0.1, 0.15) is 0 Å².